The van der Waals surface area contributed by atoms with Gasteiger partial charge in [-0.25, -0.2) is 17.2 Å². The van der Waals surface area contributed by atoms with Gasteiger partial charge in [-0.1, -0.05) is 6.07 Å². The summed E-state index contributed by atoms with van der Waals surface area (Å²) in [4.78, 5) is 12.3. The van der Waals surface area contributed by atoms with E-state index in [-0.39, 0.29) is 29.8 Å². The van der Waals surface area contributed by atoms with Crippen molar-refractivity contribution in [3.63, 3.8) is 0 Å². The fourth-order valence-corrected chi connectivity index (χ4v) is 4.90. The van der Waals surface area contributed by atoms with Crippen molar-refractivity contribution in [2.45, 2.75) is 17.7 Å². The minimum Gasteiger partial charge on any atom is -0.423 e. The van der Waals surface area contributed by atoms with Gasteiger partial charge in [0, 0.05) is 30.3 Å². The smallest absolute Gasteiger partial charge is 0.247 e. The lowest BCUT2D eigenvalue weighted by atomic mass is 9.97. The predicted molar refractivity (Wildman–Crippen MR) is 106 cm³/mol. The van der Waals surface area contributed by atoms with Crippen molar-refractivity contribution in [1.29, 1.82) is 0 Å². The summed E-state index contributed by atoms with van der Waals surface area (Å²) in [6.45, 7) is 0.197. The van der Waals surface area contributed by atoms with Crippen molar-refractivity contribution < 1.29 is 26.4 Å². The van der Waals surface area contributed by atoms with Crippen molar-refractivity contribution >= 4 is 21.6 Å². The number of carbonyl (C=O) groups is 1. The molecule has 31 heavy (non-hydrogen) atoms. The molecule has 0 atom stereocenters. The molecule has 2 aromatic carbocycles. The molecule has 1 amide bonds. The van der Waals surface area contributed by atoms with E-state index in [1.807, 2.05) is 0 Å². The lowest BCUT2D eigenvalue weighted by Gasteiger charge is -2.30. The van der Waals surface area contributed by atoms with Crippen LogP contribution in [0, 0.1) is 17.6 Å². The molecule has 0 spiro atoms. The van der Waals surface area contributed by atoms with Gasteiger partial charge in [0.1, 0.15) is 0 Å². The van der Waals surface area contributed by atoms with Gasteiger partial charge in [0.2, 0.25) is 28.2 Å². The Morgan fingerprint density at radius 1 is 1.10 bits per heavy atom. The van der Waals surface area contributed by atoms with Crippen LogP contribution in [0.3, 0.4) is 0 Å². The summed E-state index contributed by atoms with van der Waals surface area (Å²) in [6, 6.07) is 9.42. The van der Waals surface area contributed by atoms with Crippen LogP contribution in [0.1, 0.15) is 12.8 Å². The molecule has 0 aliphatic carbocycles. The van der Waals surface area contributed by atoms with Crippen LogP contribution in [0.15, 0.2) is 58.2 Å². The maximum atomic E-state index is 13.4. The molecule has 2 heterocycles. The molecule has 1 saturated heterocycles. The highest BCUT2D eigenvalue weighted by Gasteiger charge is 2.32. The van der Waals surface area contributed by atoms with E-state index in [1.165, 1.54) is 10.7 Å². The number of aromatic nitrogens is 2. The predicted octanol–water partition coefficient (Wildman–Crippen LogP) is 3.05. The van der Waals surface area contributed by atoms with Gasteiger partial charge in [0.05, 0.1) is 4.90 Å². The highest BCUT2D eigenvalue weighted by Crippen LogP contribution is 2.26. The number of carbonyl (C=O) groups excluding carboxylic acids is 1. The first-order chi connectivity index (χ1) is 14.8. The molecule has 1 aliphatic rings. The number of amides is 1. The number of nitrogens with zero attached hydrogens (tertiary/aromatic N) is 3. The van der Waals surface area contributed by atoms with Crippen molar-refractivity contribution in [2.75, 3.05) is 18.4 Å². The van der Waals surface area contributed by atoms with E-state index in [4.69, 9.17) is 4.42 Å². The Morgan fingerprint density at radius 2 is 1.87 bits per heavy atom. The normalized spacial score (nSPS) is 15.7. The van der Waals surface area contributed by atoms with Crippen LogP contribution < -0.4 is 5.32 Å². The minimum absolute atomic E-state index is 0.0987. The fourth-order valence-electron chi connectivity index (χ4n) is 3.42. The van der Waals surface area contributed by atoms with Crippen LogP contribution in [0.4, 0.5) is 14.5 Å². The van der Waals surface area contributed by atoms with Crippen molar-refractivity contribution in [2.24, 2.45) is 5.92 Å². The maximum Gasteiger partial charge on any atom is 0.247 e. The zero-order chi connectivity index (χ0) is 22.0. The van der Waals surface area contributed by atoms with Crippen LogP contribution in [-0.2, 0) is 14.8 Å². The SMILES string of the molecule is O=C(Nc1cccc(-c2nnco2)c1)C1CCN(S(=O)(=O)c2ccc(F)c(F)c2)CC1. The number of halogens is 2. The van der Waals surface area contributed by atoms with E-state index in [1.54, 1.807) is 24.3 Å². The van der Waals surface area contributed by atoms with Gasteiger partial charge in [0.15, 0.2) is 11.6 Å². The number of hydrogen-bond donors (Lipinski definition) is 1. The quantitative estimate of drug-likeness (QED) is 0.643. The summed E-state index contributed by atoms with van der Waals surface area (Å²) in [6.07, 6.45) is 1.82. The van der Waals surface area contributed by atoms with Gasteiger partial charge in [-0.05, 0) is 49.2 Å². The molecule has 0 bridgehead atoms. The van der Waals surface area contributed by atoms with E-state index in [2.05, 4.69) is 15.5 Å². The second-order valence-electron chi connectivity index (χ2n) is 7.07. The molecule has 0 saturated carbocycles. The molecule has 0 radical (unpaired) electrons. The van der Waals surface area contributed by atoms with Crippen LogP contribution in [0.5, 0.6) is 0 Å². The van der Waals surface area contributed by atoms with Crippen LogP contribution >= 0.6 is 0 Å². The zero-order valence-electron chi connectivity index (χ0n) is 16.2. The molecule has 11 heteroatoms. The summed E-state index contributed by atoms with van der Waals surface area (Å²) in [5, 5.41) is 10.3. The third kappa shape index (κ3) is 4.47. The Kier molecular flexibility index (Phi) is 5.79. The molecule has 1 N–H and O–H groups in total. The number of piperidine rings is 1. The minimum atomic E-state index is -3.97. The van der Waals surface area contributed by atoms with Gasteiger partial charge in [0.25, 0.3) is 0 Å². The number of anilines is 1. The number of sulfonamides is 1. The fraction of sp³-hybridized carbons (Fsp3) is 0.250. The molecule has 0 unspecified atom stereocenters. The van der Waals surface area contributed by atoms with E-state index in [0.29, 0.717) is 36.0 Å². The Morgan fingerprint density at radius 3 is 2.55 bits per heavy atom. The number of rotatable bonds is 5. The molecular weight excluding hydrogens is 430 g/mol. The van der Waals surface area contributed by atoms with Crippen LogP contribution in [0.2, 0.25) is 0 Å². The van der Waals surface area contributed by atoms with E-state index >= 15 is 0 Å². The van der Waals surface area contributed by atoms with Crippen molar-refractivity contribution in [1.82, 2.24) is 14.5 Å². The molecular formula is C20H18F2N4O4S. The molecule has 1 aromatic heterocycles. The van der Waals surface area contributed by atoms with Crippen molar-refractivity contribution in [3.8, 4) is 11.5 Å². The lowest BCUT2D eigenvalue weighted by Crippen LogP contribution is -2.41. The van der Waals surface area contributed by atoms with E-state index in [9.17, 15) is 22.0 Å². The third-order valence-electron chi connectivity index (χ3n) is 5.09. The number of benzene rings is 2. The molecule has 1 aliphatic heterocycles. The first-order valence-corrected chi connectivity index (χ1v) is 10.9. The maximum absolute atomic E-state index is 13.4. The van der Waals surface area contributed by atoms with Gasteiger partial charge < -0.3 is 9.73 Å². The van der Waals surface area contributed by atoms with Crippen LogP contribution in [-0.4, -0.2) is 41.9 Å². The monoisotopic (exact) mass is 448 g/mol. The highest BCUT2D eigenvalue weighted by molar-refractivity contribution is 7.89. The first kappa shape index (κ1) is 21.1. The third-order valence-corrected chi connectivity index (χ3v) is 6.99. The van der Waals surface area contributed by atoms with Gasteiger partial charge in [-0.15, -0.1) is 10.2 Å². The second-order valence-corrected chi connectivity index (χ2v) is 9.01. The average molecular weight is 448 g/mol. The Hall–Kier alpha value is -3.18. The standard InChI is InChI=1S/C20H18F2N4O4S/c21-17-5-4-16(11-18(17)22)31(28,29)26-8-6-13(7-9-26)19(27)24-15-3-1-2-14(10-15)20-25-23-12-30-20/h1-5,10-13H,6-9H2,(H,24,27). The summed E-state index contributed by atoms with van der Waals surface area (Å²) < 4.78 is 58.3. The van der Waals surface area contributed by atoms with Crippen molar-refractivity contribution in [3.05, 3.63) is 60.5 Å². The van der Waals surface area contributed by atoms with Crippen LogP contribution in [0.25, 0.3) is 11.5 Å². The van der Waals surface area contributed by atoms with Gasteiger partial charge >= 0.3 is 0 Å². The van der Waals surface area contributed by atoms with Gasteiger partial charge in [-0.3, -0.25) is 4.79 Å². The van der Waals surface area contributed by atoms with Gasteiger partial charge in [-0.2, -0.15) is 4.31 Å². The summed E-state index contributed by atoms with van der Waals surface area (Å²) in [7, 11) is -3.97. The number of hydrogen-bond acceptors (Lipinski definition) is 6. The topological polar surface area (TPSA) is 105 Å². The second kappa shape index (κ2) is 8.52. The zero-order valence-corrected chi connectivity index (χ0v) is 17.0. The highest BCUT2D eigenvalue weighted by atomic mass is 32.2. The molecule has 8 nitrogen and oxygen atoms in total. The van der Waals surface area contributed by atoms with E-state index < -0.39 is 21.7 Å². The Bertz CT molecular complexity index is 1190. The number of nitrogens with one attached hydrogen (secondary N) is 1. The Balaban J connectivity index is 1.39. The average Bonchev–Trinajstić information content (AvgIpc) is 3.31. The van der Waals surface area contributed by atoms with E-state index in [0.717, 1.165) is 12.1 Å². The summed E-state index contributed by atoms with van der Waals surface area (Å²) in [5.41, 5.74) is 1.21. The molecule has 4 rings (SSSR count). The lowest BCUT2D eigenvalue weighted by molar-refractivity contribution is -0.120. The Labute approximate surface area is 176 Å². The molecule has 3 aromatic rings. The first-order valence-electron chi connectivity index (χ1n) is 9.47. The molecule has 1 fully saturated rings. The molecule has 162 valence electrons. The largest absolute Gasteiger partial charge is 0.423 e. The summed E-state index contributed by atoms with van der Waals surface area (Å²) >= 11 is 0. The summed E-state index contributed by atoms with van der Waals surface area (Å²) in [5.74, 6) is -2.63.